The largest absolute Gasteiger partial charge is 0.464 e. The van der Waals surface area contributed by atoms with Crippen LogP contribution in [0.15, 0.2) is 18.2 Å². The van der Waals surface area contributed by atoms with Crippen molar-refractivity contribution in [3.63, 3.8) is 0 Å². The lowest BCUT2D eigenvalue weighted by Gasteiger charge is -2.30. The number of rotatable bonds is 10. The van der Waals surface area contributed by atoms with Crippen molar-refractivity contribution in [3.8, 4) is 0 Å². The Morgan fingerprint density at radius 3 is 2.28 bits per heavy atom. The molecule has 140 valence electrons. The summed E-state index contributed by atoms with van der Waals surface area (Å²) in [4.78, 5) is 26.7. The van der Waals surface area contributed by atoms with Gasteiger partial charge in [-0.05, 0) is 50.5 Å². The van der Waals surface area contributed by atoms with Gasteiger partial charge in [0.05, 0.1) is 6.61 Å². The molecule has 1 amide bonds. The summed E-state index contributed by atoms with van der Waals surface area (Å²) in [5.74, 6) is -0.610. The Morgan fingerprint density at radius 2 is 1.76 bits per heavy atom. The second-order valence-electron chi connectivity index (χ2n) is 5.49. The number of hydrogen-bond acceptors (Lipinski definition) is 4. The van der Waals surface area contributed by atoms with Crippen molar-refractivity contribution < 1.29 is 19.1 Å². The Bertz CT molecular complexity index is 560. The van der Waals surface area contributed by atoms with E-state index in [4.69, 9.17) is 32.7 Å². The quantitative estimate of drug-likeness (QED) is 0.443. The molecule has 1 atom stereocenters. The fourth-order valence-electron chi connectivity index (χ4n) is 2.57. The molecule has 0 saturated carbocycles. The van der Waals surface area contributed by atoms with Crippen molar-refractivity contribution in [1.82, 2.24) is 4.90 Å². The third-order valence-electron chi connectivity index (χ3n) is 3.67. The number of amides is 1. The number of halogens is 2. The molecule has 25 heavy (non-hydrogen) atoms. The van der Waals surface area contributed by atoms with Gasteiger partial charge in [-0.1, -0.05) is 23.2 Å². The minimum Gasteiger partial charge on any atom is -0.464 e. The van der Waals surface area contributed by atoms with E-state index in [1.165, 1.54) is 4.90 Å². The van der Waals surface area contributed by atoms with E-state index in [-0.39, 0.29) is 12.5 Å². The predicted octanol–water partition coefficient (Wildman–Crippen LogP) is 4.26. The van der Waals surface area contributed by atoms with Crippen LogP contribution < -0.4 is 0 Å². The van der Waals surface area contributed by atoms with Crippen LogP contribution in [0.3, 0.4) is 0 Å². The molecule has 0 aliphatic heterocycles. The molecular weight excluding hydrogens is 365 g/mol. The Morgan fingerprint density at radius 1 is 1.12 bits per heavy atom. The van der Waals surface area contributed by atoms with Gasteiger partial charge in [0.2, 0.25) is 5.91 Å². The first-order valence-electron chi connectivity index (χ1n) is 8.35. The van der Waals surface area contributed by atoms with Crippen molar-refractivity contribution >= 4 is 35.1 Å². The van der Waals surface area contributed by atoms with Crippen LogP contribution in [-0.2, 0) is 19.1 Å². The van der Waals surface area contributed by atoms with Gasteiger partial charge in [0.15, 0.2) is 6.04 Å². The lowest BCUT2D eigenvalue weighted by Crippen LogP contribution is -2.39. The summed E-state index contributed by atoms with van der Waals surface area (Å²) in [6.07, 6.45) is 1.81. The van der Waals surface area contributed by atoms with E-state index in [1.54, 1.807) is 32.2 Å². The van der Waals surface area contributed by atoms with Crippen LogP contribution in [0.5, 0.6) is 0 Å². The minimum atomic E-state index is -0.865. The van der Waals surface area contributed by atoms with E-state index in [0.29, 0.717) is 41.6 Å². The standard InChI is InChI=1S/C18H25Cl2NO4/c1-4-21(16(22)8-6-7-9-24-3)17(18(23)25-5-2)13-10-14(19)12-15(20)11-13/h10-12,17H,4-9H2,1-3H3/t17-/m0/s1. The number of ether oxygens (including phenoxy) is 2. The summed E-state index contributed by atoms with van der Waals surface area (Å²) in [5, 5.41) is 0.806. The van der Waals surface area contributed by atoms with E-state index in [1.807, 2.05) is 6.92 Å². The van der Waals surface area contributed by atoms with Crippen LogP contribution in [0.2, 0.25) is 10.0 Å². The van der Waals surface area contributed by atoms with E-state index in [2.05, 4.69) is 0 Å². The lowest BCUT2D eigenvalue weighted by atomic mass is 10.0. The molecule has 0 bridgehead atoms. The predicted molar refractivity (Wildman–Crippen MR) is 99.0 cm³/mol. The van der Waals surface area contributed by atoms with Crippen LogP contribution in [-0.4, -0.2) is 43.6 Å². The molecule has 0 aliphatic rings. The van der Waals surface area contributed by atoms with Gasteiger partial charge < -0.3 is 14.4 Å². The molecule has 0 spiro atoms. The Balaban J connectivity index is 3.06. The number of hydrogen-bond donors (Lipinski definition) is 0. The van der Waals surface area contributed by atoms with Gasteiger partial charge in [0, 0.05) is 36.7 Å². The van der Waals surface area contributed by atoms with Gasteiger partial charge >= 0.3 is 5.97 Å². The molecule has 7 heteroatoms. The van der Waals surface area contributed by atoms with E-state index >= 15 is 0 Å². The van der Waals surface area contributed by atoms with Crippen LogP contribution in [0, 0.1) is 0 Å². The molecule has 0 heterocycles. The summed E-state index contributed by atoms with van der Waals surface area (Å²) in [6.45, 7) is 4.75. The number of unbranched alkanes of at least 4 members (excludes halogenated alkanes) is 1. The van der Waals surface area contributed by atoms with Gasteiger partial charge in [-0.3, -0.25) is 4.79 Å². The van der Waals surface area contributed by atoms with Crippen molar-refractivity contribution in [3.05, 3.63) is 33.8 Å². The molecule has 0 radical (unpaired) electrons. The Labute approximate surface area is 159 Å². The number of benzene rings is 1. The molecule has 0 saturated heterocycles. The van der Waals surface area contributed by atoms with Crippen molar-refractivity contribution in [2.24, 2.45) is 0 Å². The third kappa shape index (κ3) is 6.84. The van der Waals surface area contributed by atoms with Crippen LogP contribution in [0.4, 0.5) is 0 Å². The van der Waals surface area contributed by atoms with Crippen molar-refractivity contribution in [1.29, 1.82) is 0 Å². The maximum Gasteiger partial charge on any atom is 0.333 e. The van der Waals surface area contributed by atoms with Gasteiger partial charge in [-0.15, -0.1) is 0 Å². The van der Waals surface area contributed by atoms with E-state index < -0.39 is 12.0 Å². The average molecular weight is 390 g/mol. The molecule has 1 rings (SSSR count). The number of nitrogens with zero attached hydrogens (tertiary/aromatic N) is 1. The first-order valence-corrected chi connectivity index (χ1v) is 9.11. The van der Waals surface area contributed by atoms with Crippen molar-refractivity contribution in [2.45, 2.75) is 39.2 Å². The highest BCUT2D eigenvalue weighted by molar-refractivity contribution is 6.34. The molecule has 1 aromatic rings. The number of likely N-dealkylation sites (N-methyl/N-ethyl adjacent to an activating group) is 1. The van der Waals surface area contributed by atoms with Crippen molar-refractivity contribution in [2.75, 3.05) is 26.9 Å². The molecule has 0 aliphatic carbocycles. The summed E-state index contributed by atoms with van der Waals surface area (Å²) in [7, 11) is 1.62. The summed E-state index contributed by atoms with van der Waals surface area (Å²) in [6, 6.07) is 3.99. The summed E-state index contributed by atoms with van der Waals surface area (Å²) >= 11 is 12.1. The second-order valence-corrected chi connectivity index (χ2v) is 6.36. The topological polar surface area (TPSA) is 55.8 Å². The first-order chi connectivity index (χ1) is 11.9. The zero-order chi connectivity index (χ0) is 18.8. The molecule has 5 nitrogen and oxygen atoms in total. The fourth-order valence-corrected chi connectivity index (χ4v) is 3.11. The highest BCUT2D eigenvalue weighted by Crippen LogP contribution is 2.29. The van der Waals surface area contributed by atoms with Gasteiger partial charge in [0.1, 0.15) is 0 Å². The monoisotopic (exact) mass is 389 g/mol. The van der Waals surface area contributed by atoms with Gasteiger partial charge in [-0.2, -0.15) is 0 Å². The van der Waals surface area contributed by atoms with Crippen LogP contribution >= 0.6 is 23.2 Å². The molecule has 1 aromatic carbocycles. The van der Waals surface area contributed by atoms with E-state index in [0.717, 1.165) is 6.42 Å². The highest BCUT2D eigenvalue weighted by Gasteiger charge is 2.31. The number of carbonyl (C=O) groups is 2. The normalized spacial score (nSPS) is 11.9. The summed E-state index contributed by atoms with van der Waals surface area (Å²) in [5.41, 5.74) is 0.544. The number of methoxy groups -OCH3 is 1. The Kier molecular flexibility index (Phi) is 9.86. The smallest absolute Gasteiger partial charge is 0.333 e. The molecule has 0 unspecified atom stereocenters. The third-order valence-corrected chi connectivity index (χ3v) is 4.11. The number of carbonyl (C=O) groups excluding carboxylic acids is 2. The minimum absolute atomic E-state index is 0.118. The fraction of sp³-hybridized carbons (Fsp3) is 0.556. The molecule has 0 aromatic heterocycles. The number of esters is 1. The van der Waals surface area contributed by atoms with E-state index in [9.17, 15) is 9.59 Å². The molecule has 0 fully saturated rings. The lowest BCUT2D eigenvalue weighted by molar-refractivity contribution is -0.155. The van der Waals surface area contributed by atoms with Gasteiger partial charge in [-0.25, -0.2) is 4.79 Å². The maximum atomic E-state index is 12.6. The first kappa shape index (κ1) is 21.7. The zero-order valence-electron chi connectivity index (χ0n) is 14.9. The van der Waals surface area contributed by atoms with Gasteiger partial charge in [0.25, 0.3) is 0 Å². The summed E-state index contributed by atoms with van der Waals surface area (Å²) < 4.78 is 10.2. The highest BCUT2D eigenvalue weighted by atomic mass is 35.5. The SMILES string of the molecule is CCOC(=O)[C@H](c1cc(Cl)cc(Cl)c1)N(CC)C(=O)CCCCOC. The van der Waals surface area contributed by atoms with Crippen LogP contribution in [0.25, 0.3) is 0 Å². The molecular formula is C18H25Cl2NO4. The average Bonchev–Trinajstić information content (AvgIpc) is 2.55. The Hall–Kier alpha value is -1.30. The maximum absolute atomic E-state index is 12.6. The zero-order valence-corrected chi connectivity index (χ0v) is 16.4. The molecule has 0 N–H and O–H groups in total. The van der Waals surface area contributed by atoms with Crippen LogP contribution in [0.1, 0.15) is 44.7 Å². The second kappa shape index (κ2) is 11.3.